The summed E-state index contributed by atoms with van der Waals surface area (Å²) in [7, 11) is 3.29. The van der Waals surface area contributed by atoms with E-state index in [-0.39, 0.29) is 18.4 Å². The van der Waals surface area contributed by atoms with Crippen LogP contribution < -0.4 is 24.8 Å². The maximum Gasteiger partial charge on any atom is 0.257 e. The van der Waals surface area contributed by atoms with Gasteiger partial charge in [0.25, 0.3) is 5.91 Å². The van der Waals surface area contributed by atoms with Gasteiger partial charge in [0.15, 0.2) is 0 Å². The molecule has 2 amide bonds. The number of rotatable bonds is 10. The van der Waals surface area contributed by atoms with E-state index in [1.165, 1.54) is 6.92 Å². The van der Waals surface area contributed by atoms with Crippen LogP contribution in [0.15, 0.2) is 78.9 Å². The van der Waals surface area contributed by atoms with Gasteiger partial charge in [-0.05, 0) is 91.1 Å². The highest BCUT2D eigenvalue weighted by Gasteiger charge is 2.33. The van der Waals surface area contributed by atoms with Crippen molar-refractivity contribution in [3.05, 3.63) is 112 Å². The lowest BCUT2D eigenvalue weighted by atomic mass is 10.0. The second kappa shape index (κ2) is 12.9. The largest absolute Gasteiger partial charge is 0.497 e. The van der Waals surface area contributed by atoms with E-state index in [4.69, 9.17) is 14.2 Å². The molecule has 0 aromatic heterocycles. The van der Waals surface area contributed by atoms with Crippen molar-refractivity contribution in [2.45, 2.75) is 40.0 Å². The van der Waals surface area contributed by atoms with Gasteiger partial charge >= 0.3 is 0 Å². The SMILES string of the molecule is COc1cccc(CCN2C(=O)c3ccccc3NC2c2ccc(OC)c(COc3c(C)cc(NC(C)=O)cc3C)c2)c1. The summed E-state index contributed by atoms with van der Waals surface area (Å²) in [5.41, 5.74) is 6.87. The Hall–Kier alpha value is -4.98. The molecule has 0 spiro atoms. The van der Waals surface area contributed by atoms with Crippen molar-refractivity contribution in [2.24, 2.45) is 0 Å². The summed E-state index contributed by atoms with van der Waals surface area (Å²) in [6, 6.07) is 25.2. The number of hydrogen-bond donors (Lipinski definition) is 2. The molecule has 0 radical (unpaired) electrons. The van der Waals surface area contributed by atoms with Crippen molar-refractivity contribution < 1.29 is 23.8 Å². The maximum absolute atomic E-state index is 13.8. The molecule has 1 heterocycles. The zero-order valence-corrected chi connectivity index (χ0v) is 25.2. The Labute approximate surface area is 252 Å². The normalized spacial score (nSPS) is 14.0. The van der Waals surface area contributed by atoms with Crippen LogP contribution in [0.1, 0.15) is 51.3 Å². The Balaban J connectivity index is 1.43. The highest BCUT2D eigenvalue weighted by Crippen LogP contribution is 2.36. The number of anilines is 2. The molecular formula is C35H37N3O5. The van der Waals surface area contributed by atoms with E-state index < -0.39 is 6.17 Å². The van der Waals surface area contributed by atoms with Crippen LogP contribution >= 0.6 is 0 Å². The molecule has 1 atom stereocenters. The van der Waals surface area contributed by atoms with Gasteiger partial charge in [0.1, 0.15) is 30.0 Å². The molecule has 1 unspecified atom stereocenters. The third-order valence-corrected chi connectivity index (χ3v) is 7.57. The Morgan fingerprint density at radius 3 is 2.42 bits per heavy atom. The number of nitrogens with zero attached hydrogens (tertiary/aromatic N) is 1. The van der Waals surface area contributed by atoms with Crippen LogP contribution in [0.25, 0.3) is 0 Å². The van der Waals surface area contributed by atoms with Gasteiger partial charge in [0.2, 0.25) is 5.91 Å². The molecule has 0 aliphatic carbocycles. The number of benzene rings is 4. The number of nitrogens with one attached hydrogen (secondary N) is 2. The molecule has 5 rings (SSSR count). The van der Waals surface area contributed by atoms with Gasteiger partial charge in [-0.3, -0.25) is 9.59 Å². The van der Waals surface area contributed by atoms with Crippen molar-refractivity contribution in [2.75, 3.05) is 31.4 Å². The third kappa shape index (κ3) is 6.59. The fourth-order valence-corrected chi connectivity index (χ4v) is 5.55. The minimum atomic E-state index is -0.391. The molecule has 8 heteroatoms. The van der Waals surface area contributed by atoms with Crippen LogP contribution in [0.2, 0.25) is 0 Å². The lowest BCUT2D eigenvalue weighted by Gasteiger charge is -2.38. The first-order chi connectivity index (χ1) is 20.8. The summed E-state index contributed by atoms with van der Waals surface area (Å²) in [6.45, 7) is 6.17. The first-order valence-corrected chi connectivity index (χ1v) is 14.2. The number of fused-ring (bicyclic) bond motifs is 1. The Bertz CT molecular complexity index is 1630. The lowest BCUT2D eigenvalue weighted by molar-refractivity contribution is -0.114. The number of para-hydroxylation sites is 1. The third-order valence-electron chi connectivity index (χ3n) is 7.57. The first kappa shape index (κ1) is 29.5. The van der Waals surface area contributed by atoms with Gasteiger partial charge in [-0.1, -0.05) is 30.3 Å². The summed E-state index contributed by atoms with van der Waals surface area (Å²) < 4.78 is 17.4. The number of amides is 2. The highest BCUT2D eigenvalue weighted by atomic mass is 16.5. The monoisotopic (exact) mass is 579 g/mol. The van der Waals surface area contributed by atoms with E-state index in [0.29, 0.717) is 24.3 Å². The van der Waals surface area contributed by atoms with E-state index in [9.17, 15) is 9.59 Å². The van der Waals surface area contributed by atoms with Crippen LogP contribution in [0, 0.1) is 13.8 Å². The molecular weight excluding hydrogens is 542 g/mol. The molecule has 0 bridgehead atoms. The van der Waals surface area contributed by atoms with Crippen LogP contribution in [-0.4, -0.2) is 37.5 Å². The number of hydrogen-bond acceptors (Lipinski definition) is 6. The first-order valence-electron chi connectivity index (χ1n) is 14.2. The predicted octanol–water partition coefficient (Wildman–Crippen LogP) is 6.67. The van der Waals surface area contributed by atoms with Crippen molar-refractivity contribution >= 4 is 23.2 Å². The van der Waals surface area contributed by atoms with Gasteiger partial charge in [0.05, 0.1) is 19.8 Å². The average molecular weight is 580 g/mol. The van der Waals surface area contributed by atoms with Crippen molar-refractivity contribution in [3.8, 4) is 17.2 Å². The fourth-order valence-electron chi connectivity index (χ4n) is 5.55. The standard InChI is InChI=1S/C35H37N3O5/c1-22-17-28(36-24(3)39)18-23(2)33(22)43-21-27-20-26(13-14-32(27)42-5)34-37-31-12-7-6-11-30(31)35(40)38(34)16-15-25-9-8-10-29(19-25)41-4/h6-14,17-20,34,37H,15-16,21H2,1-5H3,(H,36,39). The molecule has 8 nitrogen and oxygen atoms in total. The maximum atomic E-state index is 13.8. The van der Waals surface area contributed by atoms with Crippen molar-refractivity contribution in [1.29, 1.82) is 0 Å². The van der Waals surface area contributed by atoms with Gasteiger partial charge in [-0.2, -0.15) is 0 Å². The predicted molar refractivity (Wildman–Crippen MR) is 168 cm³/mol. The smallest absolute Gasteiger partial charge is 0.257 e. The van der Waals surface area contributed by atoms with Crippen LogP contribution in [0.4, 0.5) is 11.4 Å². The molecule has 1 aliphatic rings. The van der Waals surface area contributed by atoms with E-state index >= 15 is 0 Å². The molecule has 2 N–H and O–H groups in total. The summed E-state index contributed by atoms with van der Waals surface area (Å²) in [5.74, 6) is 2.09. The van der Waals surface area contributed by atoms with Crippen LogP contribution in [0.5, 0.6) is 17.2 Å². The number of methoxy groups -OCH3 is 2. The second-order valence-corrected chi connectivity index (χ2v) is 10.7. The zero-order valence-electron chi connectivity index (χ0n) is 25.2. The summed E-state index contributed by atoms with van der Waals surface area (Å²) in [5, 5.41) is 6.43. The van der Waals surface area contributed by atoms with E-state index in [1.807, 2.05) is 97.6 Å². The summed E-state index contributed by atoms with van der Waals surface area (Å²) >= 11 is 0. The molecule has 43 heavy (non-hydrogen) atoms. The van der Waals surface area contributed by atoms with Crippen molar-refractivity contribution in [1.82, 2.24) is 4.90 Å². The van der Waals surface area contributed by atoms with Crippen molar-refractivity contribution in [3.63, 3.8) is 0 Å². The number of carbonyl (C=O) groups excluding carboxylic acids is 2. The molecule has 0 saturated heterocycles. The van der Waals surface area contributed by atoms with E-state index in [1.54, 1.807) is 14.2 Å². The van der Waals surface area contributed by atoms with Gasteiger partial charge in [-0.25, -0.2) is 0 Å². The topological polar surface area (TPSA) is 89.1 Å². The number of ether oxygens (including phenoxy) is 3. The molecule has 0 saturated carbocycles. The minimum absolute atomic E-state index is 0.0265. The minimum Gasteiger partial charge on any atom is -0.497 e. The lowest BCUT2D eigenvalue weighted by Crippen LogP contribution is -2.44. The average Bonchev–Trinajstić information content (AvgIpc) is 2.99. The summed E-state index contributed by atoms with van der Waals surface area (Å²) in [4.78, 5) is 27.2. The number of aryl methyl sites for hydroxylation is 2. The Morgan fingerprint density at radius 2 is 1.70 bits per heavy atom. The Kier molecular flexibility index (Phi) is 8.85. The molecule has 4 aromatic carbocycles. The highest BCUT2D eigenvalue weighted by molar-refractivity contribution is 6.01. The Morgan fingerprint density at radius 1 is 0.930 bits per heavy atom. The fraction of sp³-hybridized carbons (Fsp3) is 0.257. The van der Waals surface area contributed by atoms with Crippen LogP contribution in [0.3, 0.4) is 0 Å². The van der Waals surface area contributed by atoms with E-state index in [0.717, 1.165) is 50.7 Å². The zero-order chi connectivity index (χ0) is 30.5. The summed E-state index contributed by atoms with van der Waals surface area (Å²) in [6.07, 6.45) is 0.278. The number of carbonyl (C=O) groups is 2. The second-order valence-electron chi connectivity index (χ2n) is 10.7. The van der Waals surface area contributed by atoms with Gasteiger partial charge in [-0.15, -0.1) is 0 Å². The molecule has 1 aliphatic heterocycles. The molecule has 4 aromatic rings. The quantitative estimate of drug-likeness (QED) is 0.218. The van der Waals surface area contributed by atoms with E-state index in [2.05, 4.69) is 10.6 Å². The van der Waals surface area contributed by atoms with Crippen LogP contribution in [-0.2, 0) is 17.8 Å². The molecule has 0 fully saturated rings. The van der Waals surface area contributed by atoms with Gasteiger partial charge < -0.3 is 29.7 Å². The van der Waals surface area contributed by atoms with Gasteiger partial charge in [0, 0.05) is 30.4 Å². The molecule has 222 valence electrons.